The van der Waals surface area contributed by atoms with Gasteiger partial charge in [0.15, 0.2) is 5.65 Å². The van der Waals surface area contributed by atoms with Gasteiger partial charge in [-0.05, 0) is 76.4 Å². The lowest BCUT2D eigenvalue weighted by molar-refractivity contribution is 0.0218. The van der Waals surface area contributed by atoms with E-state index in [9.17, 15) is 14.4 Å². The molecule has 0 N–H and O–H groups in total. The number of fused-ring (bicyclic) bond motifs is 1. The van der Waals surface area contributed by atoms with Crippen LogP contribution in [0.15, 0.2) is 41.3 Å². The lowest BCUT2D eigenvalue weighted by atomic mass is 10.0. The first kappa shape index (κ1) is 33.8. The summed E-state index contributed by atoms with van der Waals surface area (Å²) in [6.07, 6.45) is 1.26. The molecule has 13 heteroatoms. The average molecular weight is 665 g/mol. The predicted molar refractivity (Wildman–Crippen MR) is 178 cm³/mol. The van der Waals surface area contributed by atoms with Crippen LogP contribution < -0.4 is 10.6 Å². The first-order chi connectivity index (χ1) is 22.1. The molecule has 0 radical (unpaired) electrons. The van der Waals surface area contributed by atoms with Crippen molar-refractivity contribution >= 4 is 40.5 Å². The number of nitrogens with zero attached hydrogens (tertiary/aromatic N) is 6. The minimum absolute atomic E-state index is 0.0307. The number of methoxy groups -OCH3 is 1. The highest BCUT2D eigenvalue weighted by atomic mass is 35.5. The number of hydrogen-bond donors (Lipinski definition) is 0. The number of amides is 1. The Morgan fingerprint density at radius 1 is 1.11 bits per heavy atom. The molecule has 11 nitrogen and oxygen atoms in total. The van der Waals surface area contributed by atoms with Gasteiger partial charge in [0.2, 0.25) is 0 Å². The summed E-state index contributed by atoms with van der Waals surface area (Å²) in [5, 5.41) is 0.525. The summed E-state index contributed by atoms with van der Waals surface area (Å²) in [4.78, 5) is 56.9. The lowest BCUT2D eigenvalue weighted by Gasteiger charge is -2.41. The van der Waals surface area contributed by atoms with E-state index in [0.29, 0.717) is 42.2 Å². The molecular formula is C34H38ClFN6O5. The smallest absolute Gasteiger partial charge is 0.410 e. The van der Waals surface area contributed by atoms with Crippen molar-refractivity contribution in [2.24, 2.45) is 0 Å². The van der Waals surface area contributed by atoms with Gasteiger partial charge in [-0.3, -0.25) is 4.98 Å². The number of aromatic nitrogens is 4. The third-order valence-electron chi connectivity index (χ3n) is 7.92. The summed E-state index contributed by atoms with van der Waals surface area (Å²) in [5.41, 5.74) is 0.957. The van der Waals surface area contributed by atoms with E-state index in [1.165, 1.54) is 23.8 Å². The molecule has 3 aromatic heterocycles. The Bertz CT molecular complexity index is 1940. The third-order valence-corrected chi connectivity index (χ3v) is 8.21. The van der Waals surface area contributed by atoms with Crippen molar-refractivity contribution in [1.29, 1.82) is 0 Å². The molecule has 4 aromatic rings. The Morgan fingerprint density at radius 2 is 1.83 bits per heavy atom. The Balaban J connectivity index is 1.75. The van der Waals surface area contributed by atoms with Crippen LogP contribution in [0.4, 0.5) is 15.0 Å². The molecule has 1 atom stereocenters. The van der Waals surface area contributed by atoms with E-state index in [1.54, 1.807) is 23.2 Å². The molecule has 4 heterocycles. The number of piperazine rings is 1. The minimum Gasteiger partial charge on any atom is -0.465 e. The van der Waals surface area contributed by atoms with Crippen LogP contribution in [0.5, 0.6) is 0 Å². The fourth-order valence-electron chi connectivity index (χ4n) is 5.72. The van der Waals surface area contributed by atoms with E-state index in [1.807, 2.05) is 53.4 Å². The van der Waals surface area contributed by atoms with Crippen molar-refractivity contribution in [3.05, 3.63) is 74.7 Å². The topological polar surface area (TPSA) is 120 Å². The van der Waals surface area contributed by atoms with Gasteiger partial charge < -0.3 is 19.3 Å². The molecule has 1 saturated heterocycles. The Morgan fingerprint density at radius 3 is 2.47 bits per heavy atom. The van der Waals surface area contributed by atoms with Crippen molar-refractivity contribution in [3.63, 3.8) is 0 Å². The summed E-state index contributed by atoms with van der Waals surface area (Å²) < 4.78 is 27.2. The molecule has 248 valence electrons. The minimum atomic E-state index is -0.665. The zero-order valence-electron chi connectivity index (χ0n) is 27.7. The van der Waals surface area contributed by atoms with E-state index in [4.69, 9.17) is 26.1 Å². The molecule has 5 rings (SSSR count). The number of rotatable bonds is 5. The van der Waals surface area contributed by atoms with Crippen LogP contribution in [-0.4, -0.2) is 74.9 Å². The fourth-order valence-corrected chi connectivity index (χ4v) is 5.97. The van der Waals surface area contributed by atoms with Gasteiger partial charge >= 0.3 is 17.8 Å². The number of benzene rings is 1. The second kappa shape index (κ2) is 12.9. The number of carbonyl (C=O) groups excluding carboxylic acids is 2. The van der Waals surface area contributed by atoms with E-state index in [2.05, 4.69) is 9.97 Å². The van der Waals surface area contributed by atoms with Crippen LogP contribution in [0.25, 0.3) is 28.0 Å². The summed E-state index contributed by atoms with van der Waals surface area (Å²) in [6.45, 7) is 14.2. The monoisotopic (exact) mass is 664 g/mol. The average Bonchev–Trinajstić information content (AvgIpc) is 3.00. The number of aryl methyl sites for hydroxylation is 1. The first-order valence-electron chi connectivity index (χ1n) is 15.3. The van der Waals surface area contributed by atoms with Crippen LogP contribution in [0.2, 0.25) is 5.02 Å². The van der Waals surface area contributed by atoms with Crippen molar-refractivity contribution < 1.29 is 23.5 Å². The van der Waals surface area contributed by atoms with Gasteiger partial charge in [-0.2, -0.15) is 4.98 Å². The summed E-state index contributed by atoms with van der Waals surface area (Å²) >= 11 is 6.84. The highest BCUT2D eigenvalue weighted by Gasteiger charge is 2.33. The quantitative estimate of drug-likeness (QED) is 0.226. The zero-order valence-corrected chi connectivity index (χ0v) is 28.5. The van der Waals surface area contributed by atoms with Crippen LogP contribution >= 0.6 is 11.6 Å². The molecule has 0 aliphatic carbocycles. The SMILES string of the molecule is COC(=O)c1ccc(F)c(-c2nc3c(cc2Cl)c(N2CCN(C(=O)OC(C)(C)C)C[C@@H]2C)nc(=O)n3-c2c(C)ccnc2C(C)C)c1. The normalized spacial score (nSPS) is 15.3. The van der Waals surface area contributed by atoms with Gasteiger partial charge in [0.05, 0.1) is 40.2 Å². The van der Waals surface area contributed by atoms with E-state index < -0.39 is 29.2 Å². The predicted octanol–water partition coefficient (Wildman–Crippen LogP) is 6.30. The fraction of sp³-hybridized carbons (Fsp3) is 0.412. The molecule has 47 heavy (non-hydrogen) atoms. The van der Waals surface area contributed by atoms with Gasteiger partial charge in [0.1, 0.15) is 17.2 Å². The van der Waals surface area contributed by atoms with Crippen molar-refractivity contribution in [2.45, 2.75) is 66.0 Å². The highest BCUT2D eigenvalue weighted by molar-refractivity contribution is 6.34. The maximum Gasteiger partial charge on any atom is 0.410 e. The van der Waals surface area contributed by atoms with Crippen molar-refractivity contribution in [3.8, 4) is 16.9 Å². The van der Waals surface area contributed by atoms with Crippen LogP contribution in [0.3, 0.4) is 0 Å². The first-order valence-corrected chi connectivity index (χ1v) is 15.7. The van der Waals surface area contributed by atoms with Gasteiger partial charge in [0.25, 0.3) is 0 Å². The van der Waals surface area contributed by atoms with Crippen LogP contribution in [0, 0.1) is 12.7 Å². The van der Waals surface area contributed by atoms with Crippen LogP contribution in [0.1, 0.15) is 69.1 Å². The molecule has 1 aromatic carbocycles. The van der Waals surface area contributed by atoms with Crippen molar-refractivity contribution in [2.75, 3.05) is 31.6 Å². The Hall–Kier alpha value is -4.58. The molecule has 0 saturated carbocycles. The molecule has 1 aliphatic heterocycles. The summed E-state index contributed by atoms with van der Waals surface area (Å²) in [7, 11) is 1.23. The largest absolute Gasteiger partial charge is 0.465 e. The number of anilines is 1. The van der Waals surface area contributed by atoms with Gasteiger partial charge in [-0.25, -0.2) is 28.3 Å². The molecule has 1 aliphatic rings. The maximum absolute atomic E-state index is 15.4. The van der Waals surface area contributed by atoms with Gasteiger partial charge in [-0.1, -0.05) is 25.4 Å². The molecule has 1 amide bonds. The van der Waals surface area contributed by atoms with E-state index in [-0.39, 0.29) is 39.5 Å². The summed E-state index contributed by atoms with van der Waals surface area (Å²) in [6, 6.07) is 6.91. The molecule has 0 spiro atoms. The second-order valence-electron chi connectivity index (χ2n) is 12.9. The number of carbonyl (C=O) groups is 2. The van der Waals surface area contributed by atoms with E-state index >= 15 is 4.39 Å². The number of hydrogen-bond acceptors (Lipinski definition) is 9. The van der Waals surface area contributed by atoms with Crippen LogP contribution in [-0.2, 0) is 9.47 Å². The number of ether oxygens (including phenoxy) is 2. The number of pyridine rings is 2. The lowest BCUT2D eigenvalue weighted by Crippen LogP contribution is -2.55. The zero-order chi connectivity index (χ0) is 34.4. The van der Waals surface area contributed by atoms with E-state index in [0.717, 1.165) is 11.6 Å². The Labute approximate surface area is 277 Å². The summed E-state index contributed by atoms with van der Waals surface area (Å²) in [5.74, 6) is -1.05. The molecular weight excluding hydrogens is 627 g/mol. The molecule has 0 bridgehead atoms. The Kier molecular flexibility index (Phi) is 9.27. The number of esters is 1. The van der Waals surface area contributed by atoms with Gasteiger partial charge in [0, 0.05) is 37.4 Å². The standard InChI is InChI=1S/C34H38ClFN6O5/c1-18(2)26-28(19(3)11-12-37-26)42-30-23(16-24(35)27(38-30)22-15-21(31(43)46-8)9-10-25(22)36)29(39-32(42)44)41-14-13-40(17-20(41)4)33(45)47-34(5,6)7/h9-12,15-16,18,20H,13-14,17H2,1-8H3/t20-/m0/s1. The van der Waals surface area contributed by atoms with Crippen molar-refractivity contribution in [1.82, 2.24) is 24.4 Å². The van der Waals surface area contributed by atoms with Gasteiger partial charge in [-0.15, -0.1) is 0 Å². The third kappa shape index (κ3) is 6.64. The second-order valence-corrected chi connectivity index (χ2v) is 13.3. The molecule has 1 fully saturated rings. The number of halogens is 2. The maximum atomic E-state index is 15.4. The molecule has 0 unspecified atom stereocenters. The highest BCUT2D eigenvalue weighted by Crippen LogP contribution is 2.36.